The van der Waals surface area contributed by atoms with Crippen LogP contribution in [-0.2, 0) is 9.59 Å². The molecule has 0 aromatic carbocycles. The zero-order valence-electron chi connectivity index (χ0n) is 12.0. The van der Waals surface area contributed by atoms with Gasteiger partial charge in [0.1, 0.15) is 0 Å². The number of hydrogen-bond acceptors (Lipinski definition) is 3. The summed E-state index contributed by atoms with van der Waals surface area (Å²) in [5.74, 6) is 0.386. The van der Waals surface area contributed by atoms with Crippen LogP contribution in [0.3, 0.4) is 0 Å². The summed E-state index contributed by atoms with van der Waals surface area (Å²) in [4.78, 5) is 23.2. The molecule has 1 rings (SSSR count). The van der Waals surface area contributed by atoms with E-state index >= 15 is 0 Å². The molecule has 0 aliphatic carbocycles. The monoisotopic (exact) mass is 291 g/mol. The molecular formula is C13H26ClN3O2. The quantitative estimate of drug-likeness (QED) is 0.701. The Morgan fingerprint density at radius 2 is 2.21 bits per heavy atom. The average Bonchev–Trinajstić information content (AvgIpc) is 2.28. The first-order valence-electron chi connectivity index (χ1n) is 6.65. The maximum absolute atomic E-state index is 12.1. The molecule has 5 nitrogen and oxygen atoms in total. The summed E-state index contributed by atoms with van der Waals surface area (Å²) < 4.78 is 0. The lowest BCUT2D eigenvalue weighted by Crippen LogP contribution is -2.55. The number of nitrogens with two attached hydrogens (primary N) is 1. The van der Waals surface area contributed by atoms with E-state index in [1.54, 1.807) is 0 Å². The number of piperidine rings is 1. The van der Waals surface area contributed by atoms with E-state index in [2.05, 4.69) is 24.5 Å². The Balaban J connectivity index is 0.00000324. The maximum atomic E-state index is 12.1. The molecule has 0 bridgehead atoms. The molecule has 2 amide bonds. The smallest absolute Gasteiger partial charge is 0.225 e. The summed E-state index contributed by atoms with van der Waals surface area (Å²) in [6, 6.07) is 0. The highest BCUT2D eigenvalue weighted by Crippen LogP contribution is 2.18. The molecule has 1 saturated heterocycles. The summed E-state index contributed by atoms with van der Waals surface area (Å²) >= 11 is 0. The van der Waals surface area contributed by atoms with E-state index in [1.807, 2.05) is 6.92 Å². The van der Waals surface area contributed by atoms with Gasteiger partial charge in [0.05, 0.1) is 5.92 Å². The van der Waals surface area contributed by atoms with Gasteiger partial charge in [0.25, 0.3) is 0 Å². The van der Waals surface area contributed by atoms with Crippen molar-refractivity contribution in [2.24, 2.45) is 17.6 Å². The van der Waals surface area contributed by atoms with Gasteiger partial charge in [0.2, 0.25) is 11.8 Å². The first-order chi connectivity index (χ1) is 8.36. The molecule has 0 aromatic rings. The minimum Gasteiger partial charge on any atom is -0.355 e. The first-order valence-corrected chi connectivity index (χ1v) is 6.65. The van der Waals surface area contributed by atoms with Crippen molar-refractivity contribution in [1.29, 1.82) is 0 Å². The van der Waals surface area contributed by atoms with Crippen LogP contribution in [0.4, 0.5) is 0 Å². The Hall–Kier alpha value is -0.810. The molecule has 6 heteroatoms. The molecule has 1 fully saturated rings. The number of amides is 2. The second-order valence-corrected chi connectivity index (χ2v) is 5.89. The minimum absolute atomic E-state index is 0. The molecule has 0 saturated carbocycles. The van der Waals surface area contributed by atoms with Crippen molar-refractivity contribution in [2.45, 2.75) is 45.6 Å². The van der Waals surface area contributed by atoms with Crippen LogP contribution in [-0.4, -0.2) is 30.4 Å². The van der Waals surface area contributed by atoms with Gasteiger partial charge in [-0.1, -0.05) is 13.8 Å². The van der Waals surface area contributed by atoms with Crippen LogP contribution in [0.15, 0.2) is 0 Å². The van der Waals surface area contributed by atoms with Crippen molar-refractivity contribution in [2.75, 3.05) is 13.1 Å². The Morgan fingerprint density at radius 1 is 1.58 bits per heavy atom. The Kier molecular flexibility index (Phi) is 7.37. The maximum Gasteiger partial charge on any atom is 0.225 e. The predicted molar refractivity (Wildman–Crippen MR) is 78.0 cm³/mol. The molecule has 2 atom stereocenters. The van der Waals surface area contributed by atoms with Crippen molar-refractivity contribution in [1.82, 2.24) is 10.6 Å². The molecule has 1 heterocycles. The molecule has 0 aromatic heterocycles. The summed E-state index contributed by atoms with van der Waals surface area (Å²) in [7, 11) is 0. The van der Waals surface area contributed by atoms with Gasteiger partial charge in [-0.25, -0.2) is 0 Å². The standard InChI is InChI=1S/C13H25N3O2.ClH/c1-9(2)6-13(3,8-14)16-12(18)10-4-5-11(17)15-7-10;/h9-10H,4-8,14H2,1-3H3,(H,15,17)(H,16,18);1H. The van der Waals surface area contributed by atoms with E-state index in [0.717, 1.165) is 6.42 Å². The van der Waals surface area contributed by atoms with Gasteiger partial charge in [-0.3, -0.25) is 9.59 Å². The SMILES string of the molecule is CC(C)CC(C)(CN)NC(=O)C1CCC(=O)NC1.Cl. The van der Waals surface area contributed by atoms with Crippen LogP contribution in [0, 0.1) is 11.8 Å². The third-order valence-corrected chi connectivity index (χ3v) is 3.37. The molecule has 112 valence electrons. The van der Waals surface area contributed by atoms with Crippen LogP contribution >= 0.6 is 12.4 Å². The second-order valence-electron chi connectivity index (χ2n) is 5.89. The molecule has 0 radical (unpaired) electrons. The van der Waals surface area contributed by atoms with Gasteiger partial charge in [0, 0.05) is 25.0 Å². The van der Waals surface area contributed by atoms with E-state index in [0.29, 0.717) is 31.8 Å². The van der Waals surface area contributed by atoms with E-state index in [1.165, 1.54) is 0 Å². The summed E-state index contributed by atoms with van der Waals surface area (Å²) in [5.41, 5.74) is 5.42. The predicted octanol–water partition coefficient (Wildman–Crippen LogP) is 0.814. The van der Waals surface area contributed by atoms with Crippen molar-refractivity contribution in [3.8, 4) is 0 Å². The number of halogens is 1. The summed E-state index contributed by atoms with van der Waals surface area (Å²) in [6.07, 6.45) is 1.91. The third-order valence-electron chi connectivity index (χ3n) is 3.37. The van der Waals surface area contributed by atoms with Crippen molar-refractivity contribution >= 4 is 24.2 Å². The normalized spacial score (nSPS) is 22.2. The second kappa shape index (κ2) is 7.70. The molecule has 0 spiro atoms. The Morgan fingerprint density at radius 3 is 2.63 bits per heavy atom. The zero-order chi connectivity index (χ0) is 13.8. The van der Waals surface area contributed by atoms with Gasteiger partial charge in [-0.15, -0.1) is 12.4 Å². The van der Waals surface area contributed by atoms with Crippen LogP contribution in [0.25, 0.3) is 0 Å². The van der Waals surface area contributed by atoms with Gasteiger partial charge in [-0.2, -0.15) is 0 Å². The lowest BCUT2D eigenvalue weighted by atomic mass is 9.89. The molecule has 1 aliphatic rings. The van der Waals surface area contributed by atoms with E-state index in [4.69, 9.17) is 5.73 Å². The summed E-state index contributed by atoms with van der Waals surface area (Å²) in [5, 5.41) is 5.77. The fourth-order valence-corrected chi connectivity index (χ4v) is 2.44. The third kappa shape index (κ3) is 5.78. The van der Waals surface area contributed by atoms with E-state index in [9.17, 15) is 9.59 Å². The average molecular weight is 292 g/mol. The molecule has 2 unspecified atom stereocenters. The van der Waals surface area contributed by atoms with Crippen LogP contribution in [0.1, 0.15) is 40.0 Å². The van der Waals surface area contributed by atoms with Crippen LogP contribution < -0.4 is 16.4 Å². The Bertz CT molecular complexity index is 313. The Labute approximate surface area is 121 Å². The number of rotatable bonds is 5. The molecule has 1 aliphatic heterocycles. The fraction of sp³-hybridized carbons (Fsp3) is 0.846. The number of carbonyl (C=O) groups excluding carboxylic acids is 2. The number of carbonyl (C=O) groups is 2. The summed E-state index contributed by atoms with van der Waals surface area (Å²) in [6.45, 7) is 7.07. The van der Waals surface area contributed by atoms with Gasteiger partial charge in [-0.05, 0) is 25.7 Å². The fourth-order valence-electron chi connectivity index (χ4n) is 2.44. The van der Waals surface area contributed by atoms with Gasteiger partial charge in [0.15, 0.2) is 0 Å². The minimum atomic E-state index is -0.354. The van der Waals surface area contributed by atoms with Crippen molar-refractivity contribution < 1.29 is 9.59 Å². The van der Waals surface area contributed by atoms with Gasteiger partial charge < -0.3 is 16.4 Å². The van der Waals surface area contributed by atoms with Crippen molar-refractivity contribution in [3.05, 3.63) is 0 Å². The number of nitrogens with one attached hydrogen (secondary N) is 2. The highest BCUT2D eigenvalue weighted by Gasteiger charge is 2.31. The van der Waals surface area contributed by atoms with Crippen LogP contribution in [0.5, 0.6) is 0 Å². The number of hydrogen-bond donors (Lipinski definition) is 3. The highest BCUT2D eigenvalue weighted by molar-refractivity contribution is 5.85. The van der Waals surface area contributed by atoms with Crippen molar-refractivity contribution in [3.63, 3.8) is 0 Å². The first kappa shape index (κ1) is 18.2. The lowest BCUT2D eigenvalue weighted by molar-refractivity contribution is -0.130. The lowest BCUT2D eigenvalue weighted by Gasteiger charge is -2.33. The van der Waals surface area contributed by atoms with Crippen LogP contribution in [0.2, 0.25) is 0 Å². The van der Waals surface area contributed by atoms with E-state index in [-0.39, 0.29) is 35.7 Å². The molecular weight excluding hydrogens is 266 g/mol. The van der Waals surface area contributed by atoms with E-state index < -0.39 is 0 Å². The zero-order valence-corrected chi connectivity index (χ0v) is 12.8. The topological polar surface area (TPSA) is 84.2 Å². The molecule has 19 heavy (non-hydrogen) atoms. The molecule has 4 N–H and O–H groups in total. The van der Waals surface area contributed by atoms with Gasteiger partial charge >= 0.3 is 0 Å². The highest BCUT2D eigenvalue weighted by atomic mass is 35.5. The largest absolute Gasteiger partial charge is 0.355 e.